The highest BCUT2D eigenvalue weighted by molar-refractivity contribution is 7.98. The predicted molar refractivity (Wildman–Crippen MR) is 72.2 cm³/mol. The summed E-state index contributed by atoms with van der Waals surface area (Å²) in [5, 5.41) is 0.657. The van der Waals surface area contributed by atoms with Crippen molar-refractivity contribution < 1.29 is 4.39 Å². The van der Waals surface area contributed by atoms with Crippen LogP contribution in [0, 0.1) is 12.7 Å². The van der Waals surface area contributed by atoms with Crippen molar-refractivity contribution in [3.8, 4) is 0 Å². The third-order valence-electron chi connectivity index (χ3n) is 2.24. The van der Waals surface area contributed by atoms with Crippen molar-refractivity contribution in [2.45, 2.75) is 17.8 Å². The summed E-state index contributed by atoms with van der Waals surface area (Å²) in [6, 6.07) is 6.61. The molecular weight excluding hydrogens is 273 g/mol. The minimum absolute atomic E-state index is 0.123. The Morgan fingerprint density at radius 1 is 1.39 bits per heavy atom. The van der Waals surface area contributed by atoms with E-state index in [1.807, 2.05) is 6.92 Å². The largest absolute Gasteiger partial charge is 0.384 e. The van der Waals surface area contributed by atoms with Crippen LogP contribution in [0.25, 0.3) is 0 Å². The zero-order chi connectivity index (χ0) is 13.1. The van der Waals surface area contributed by atoms with E-state index in [2.05, 4.69) is 9.97 Å². The zero-order valence-corrected chi connectivity index (χ0v) is 11.2. The molecule has 0 aliphatic rings. The Morgan fingerprint density at radius 2 is 2.17 bits per heavy atom. The molecule has 0 radical (unpaired) electrons. The molecule has 2 rings (SSSR count). The van der Waals surface area contributed by atoms with Gasteiger partial charge in [-0.3, -0.25) is 0 Å². The average Bonchev–Trinajstić information content (AvgIpc) is 2.30. The first-order valence-corrected chi connectivity index (χ1v) is 6.59. The van der Waals surface area contributed by atoms with Crippen LogP contribution in [-0.2, 0) is 5.75 Å². The molecule has 1 aromatic heterocycles. The number of hydrogen-bond donors (Lipinski definition) is 1. The molecule has 0 bridgehead atoms. The van der Waals surface area contributed by atoms with Gasteiger partial charge in [-0.2, -0.15) is 0 Å². The van der Waals surface area contributed by atoms with Crippen LogP contribution >= 0.6 is 23.4 Å². The lowest BCUT2D eigenvalue weighted by molar-refractivity contribution is 0.617. The molecule has 0 atom stereocenters. The van der Waals surface area contributed by atoms with Gasteiger partial charge in [-0.05, 0) is 18.6 Å². The molecule has 6 heteroatoms. The van der Waals surface area contributed by atoms with Gasteiger partial charge in [0.05, 0.1) is 5.02 Å². The predicted octanol–water partition coefficient (Wildman–Crippen LogP) is 3.45. The molecule has 1 aromatic carbocycles. The van der Waals surface area contributed by atoms with Crippen molar-refractivity contribution in [2.24, 2.45) is 0 Å². The number of halogens is 2. The highest BCUT2D eigenvalue weighted by Crippen LogP contribution is 2.25. The number of anilines is 1. The molecule has 94 valence electrons. The smallest absolute Gasteiger partial charge is 0.190 e. The van der Waals surface area contributed by atoms with E-state index in [1.165, 1.54) is 17.8 Å². The number of nitrogens with two attached hydrogens (primary N) is 1. The molecule has 0 aliphatic carbocycles. The van der Waals surface area contributed by atoms with E-state index >= 15 is 0 Å². The minimum atomic E-state index is -0.396. The fourth-order valence-electron chi connectivity index (χ4n) is 1.43. The number of thioether (sulfide) groups is 1. The Balaban J connectivity index is 2.14. The maximum absolute atomic E-state index is 13.7. The minimum Gasteiger partial charge on any atom is -0.384 e. The molecule has 0 aliphatic heterocycles. The van der Waals surface area contributed by atoms with E-state index in [1.54, 1.807) is 18.2 Å². The fourth-order valence-corrected chi connectivity index (χ4v) is 2.51. The maximum Gasteiger partial charge on any atom is 0.190 e. The molecule has 0 saturated carbocycles. The van der Waals surface area contributed by atoms with Crippen LogP contribution in [0.3, 0.4) is 0 Å². The van der Waals surface area contributed by atoms with Gasteiger partial charge >= 0.3 is 0 Å². The first-order valence-electron chi connectivity index (χ1n) is 5.23. The van der Waals surface area contributed by atoms with Crippen molar-refractivity contribution in [3.63, 3.8) is 0 Å². The summed E-state index contributed by atoms with van der Waals surface area (Å²) in [6.45, 7) is 1.84. The van der Waals surface area contributed by atoms with Crippen LogP contribution in [0.2, 0.25) is 5.02 Å². The third kappa shape index (κ3) is 3.11. The second-order valence-corrected chi connectivity index (χ2v) is 5.07. The van der Waals surface area contributed by atoms with Crippen molar-refractivity contribution >= 4 is 29.2 Å². The van der Waals surface area contributed by atoms with Gasteiger partial charge in [-0.1, -0.05) is 35.5 Å². The number of rotatable bonds is 3. The number of aryl methyl sites for hydroxylation is 1. The van der Waals surface area contributed by atoms with Crippen molar-refractivity contribution in [1.82, 2.24) is 9.97 Å². The van der Waals surface area contributed by atoms with Crippen LogP contribution < -0.4 is 5.73 Å². The van der Waals surface area contributed by atoms with Gasteiger partial charge in [-0.25, -0.2) is 14.4 Å². The second kappa shape index (κ2) is 5.54. The highest BCUT2D eigenvalue weighted by Gasteiger charge is 2.08. The number of hydrogen-bond acceptors (Lipinski definition) is 4. The molecule has 2 N–H and O–H groups in total. The number of nitrogens with zero attached hydrogens (tertiary/aromatic N) is 2. The molecule has 1 heterocycles. The Hall–Kier alpha value is -1.33. The molecule has 0 saturated heterocycles. The van der Waals surface area contributed by atoms with Gasteiger partial charge in [0, 0.05) is 17.5 Å². The van der Waals surface area contributed by atoms with Gasteiger partial charge in [0.2, 0.25) is 0 Å². The number of benzene rings is 1. The van der Waals surface area contributed by atoms with Gasteiger partial charge < -0.3 is 5.73 Å². The average molecular weight is 284 g/mol. The third-order valence-corrected chi connectivity index (χ3v) is 3.43. The molecule has 18 heavy (non-hydrogen) atoms. The fraction of sp³-hybridized carbons (Fsp3) is 0.167. The molecule has 0 fully saturated rings. The molecule has 3 nitrogen and oxygen atoms in total. The summed E-state index contributed by atoms with van der Waals surface area (Å²) in [5.41, 5.74) is 6.94. The quantitative estimate of drug-likeness (QED) is 0.692. The molecule has 0 spiro atoms. The maximum atomic E-state index is 13.7. The van der Waals surface area contributed by atoms with Crippen LogP contribution in [0.1, 0.15) is 11.3 Å². The van der Waals surface area contributed by atoms with Gasteiger partial charge in [-0.15, -0.1) is 0 Å². The Labute approximate surface area is 114 Å². The Kier molecular flexibility index (Phi) is 4.04. The van der Waals surface area contributed by atoms with E-state index in [0.717, 1.165) is 5.69 Å². The SMILES string of the molecule is Cc1cc(N)nc(SCc2cccc(Cl)c2F)n1. The van der Waals surface area contributed by atoms with Crippen molar-refractivity contribution in [2.75, 3.05) is 5.73 Å². The molecule has 0 unspecified atom stereocenters. The Morgan fingerprint density at radius 3 is 2.89 bits per heavy atom. The standard InChI is InChI=1S/C12H11ClFN3S/c1-7-5-10(15)17-12(16-7)18-6-8-3-2-4-9(13)11(8)14/h2-5H,6H2,1H3,(H2,15,16,17). The number of nitrogen functional groups attached to an aromatic ring is 1. The van der Waals surface area contributed by atoms with Crippen LogP contribution in [-0.4, -0.2) is 9.97 Å². The number of aromatic nitrogens is 2. The Bertz CT molecular complexity index is 557. The highest BCUT2D eigenvalue weighted by atomic mass is 35.5. The van der Waals surface area contributed by atoms with E-state index in [9.17, 15) is 4.39 Å². The molecule has 2 aromatic rings. The van der Waals surface area contributed by atoms with E-state index in [0.29, 0.717) is 22.3 Å². The monoisotopic (exact) mass is 283 g/mol. The summed E-state index contributed by atoms with van der Waals surface area (Å²) in [6.07, 6.45) is 0. The van der Waals surface area contributed by atoms with Crippen molar-refractivity contribution in [1.29, 1.82) is 0 Å². The second-order valence-electron chi connectivity index (χ2n) is 3.72. The molecular formula is C12H11ClFN3S. The van der Waals surface area contributed by atoms with Gasteiger partial charge in [0.25, 0.3) is 0 Å². The normalized spacial score (nSPS) is 10.6. The summed E-state index contributed by atoms with van der Waals surface area (Å²) >= 11 is 7.03. The zero-order valence-electron chi connectivity index (χ0n) is 9.65. The van der Waals surface area contributed by atoms with Crippen LogP contribution in [0.5, 0.6) is 0 Å². The summed E-state index contributed by atoms with van der Waals surface area (Å²) in [4.78, 5) is 8.29. The first kappa shape index (κ1) is 13.1. The van der Waals surface area contributed by atoms with Gasteiger partial charge in [0.1, 0.15) is 11.6 Å². The van der Waals surface area contributed by atoms with E-state index in [-0.39, 0.29) is 5.02 Å². The van der Waals surface area contributed by atoms with Gasteiger partial charge in [0.15, 0.2) is 5.16 Å². The first-order chi connectivity index (χ1) is 8.56. The summed E-state index contributed by atoms with van der Waals surface area (Å²) < 4.78 is 13.7. The van der Waals surface area contributed by atoms with Crippen LogP contribution in [0.4, 0.5) is 10.2 Å². The lowest BCUT2D eigenvalue weighted by Crippen LogP contribution is -1.97. The van der Waals surface area contributed by atoms with E-state index in [4.69, 9.17) is 17.3 Å². The van der Waals surface area contributed by atoms with Crippen molar-refractivity contribution in [3.05, 3.63) is 46.4 Å². The molecule has 0 amide bonds. The van der Waals surface area contributed by atoms with E-state index < -0.39 is 5.82 Å². The topological polar surface area (TPSA) is 51.8 Å². The lowest BCUT2D eigenvalue weighted by Gasteiger charge is -2.05. The summed E-state index contributed by atoms with van der Waals surface area (Å²) in [7, 11) is 0. The lowest BCUT2D eigenvalue weighted by atomic mass is 10.2. The summed E-state index contributed by atoms with van der Waals surface area (Å²) in [5.74, 6) is 0.429. The van der Waals surface area contributed by atoms with Crippen LogP contribution in [0.15, 0.2) is 29.4 Å².